The first-order valence-electron chi connectivity index (χ1n) is 14.3. The molecule has 1 aliphatic rings. The summed E-state index contributed by atoms with van der Waals surface area (Å²) in [4.78, 5) is 15.3. The van der Waals surface area contributed by atoms with Gasteiger partial charge in [0.2, 0.25) is 0 Å². The quantitative estimate of drug-likeness (QED) is 0.214. The van der Waals surface area contributed by atoms with Gasteiger partial charge in [0.05, 0.1) is 34.1 Å². The maximum Gasteiger partial charge on any atom is 0.307 e. The molecular formula is C37H23N5O. The first kappa shape index (κ1) is 23.9. The van der Waals surface area contributed by atoms with Gasteiger partial charge in [-0.15, -0.1) is 0 Å². The molecule has 0 radical (unpaired) electrons. The van der Waals surface area contributed by atoms with Crippen molar-refractivity contribution in [1.82, 2.24) is 19.4 Å². The van der Waals surface area contributed by atoms with Crippen LogP contribution in [0.1, 0.15) is 30.5 Å². The number of pyridine rings is 2. The zero-order valence-corrected chi connectivity index (χ0v) is 23.5. The Hall–Kier alpha value is -5.80. The number of benzene rings is 4. The highest BCUT2D eigenvalue weighted by Crippen LogP contribution is 2.50. The van der Waals surface area contributed by atoms with Crippen LogP contribution in [0.5, 0.6) is 0 Å². The van der Waals surface area contributed by atoms with Crippen LogP contribution in [0.2, 0.25) is 0 Å². The molecule has 6 nitrogen and oxygen atoms in total. The second-order valence-corrected chi connectivity index (χ2v) is 11.6. The first-order chi connectivity index (χ1) is 21.0. The molecule has 0 amide bonds. The number of imidazole rings is 1. The Kier molecular flexibility index (Phi) is 4.65. The molecular weight excluding hydrogens is 530 g/mol. The molecule has 4 aromatic heterocycles. The van der Waals surface area contributed by atoms with E-state index < -0.39 is 0 Å². The molecule has 8 aromatic rings. The Labute approximate surface area is 246 Å². The molecule has 0 bridgehead atoms. The predicted octanol–water partition coefficient (Wildman–Crippen LogP) is 8.69. The van der Waals surface area contributed by atoms with Gasteiger partial charge in [-0.3, -0.25) is 4.40 Å². The van der Waals surface area contributed by atoms with Gasteiger partial charge in [-0.05, 0) is 70.8 Å². The van der Waals surface area contributed by atoms with Crippen LogP contribution in [0.15, 0.2) is 108 Å². The van der Waals surface area contributed by atoms with Gasteiger partial charge in [-0.2, -0.15) is 10.2 Å². The number of para-hydroxylation sites is 3. The summed E-state index contributed by atoms with van der Waals surface area (Å²) in [5, 5.41) is 10.5. The summed E-state index contributed by atoms with van der Waals surface area (Å²) in [6.45, 7) is 4.45. The van der Waals surface area contributed by atoms with Crippen LogP contribution in [0.4, 0.5) is 0 Å². The van der Waals surface area contributed by atoms with Gasteiger partial charge < -0.3 is 4.42 Å². The average Bonchev–Trinajstić information content (AvgIpc) is 3.67. The van der Waals surface area contributed by atoms with Crippen LogP contribution in [0.25, 0.3) is 72.7 Å². The van der Waals surface area contributed by atoms with Gasteiger partial charge in [0.15, 0.2) is 5.58 Å². The molecule has 0 spiro atoms. The van der Waals surface area contributed by atoms with Crippen molar-refractivity contribution < 1.29 is 4.42 Å². The number of aromatic nitrogens is 4. The minimum Gasteiger partial charge on any atom is -0.423 e. The van der Waals surface area contributed by atoms with Gasteiger partial charge in [0.25, 0.3) is 0 Å². The van der Waals surface area contributed by atoms with E-state index in [0.717, 1.165) is 55.7 Å². The standard InChI is InChI=1S/C37H23N5O/c1-37(2)26-18-21(20-38)14-16-23(26)24-17-15-22(19-27(24)37)28-10-7-11-30(39-28)34-35-33(25-8-3-4-9-29(25)40-34)41-36-42(35)31-12-5-6-13-32(31)43-36/h3-19H,1-2H3. The minimum absolute atomic E-state index is 0.233. The van der Waals surface area contributed by atoms with E-state index in [1.807, 2.05) is 72.8 Å². The molecule has 0 unspecified atom stereocenters. The molecule has 9 rings (SSSR count). The number of fused-ring (bicyclic) bond motifs is 10. The van der Waals surface area contributed by atoms with E-state index in [4.69, 9.17) is 19.4 Å². The molecule has 4 aromatic carbocycles. The Bertz CT molecular complexity index is 2500. The Morgan fingerprint density at radius 3 is 2.40 bits per heavy atom. The van der Waals surface area contributed by atoms with Crippen LogP contribution < -0.4 is 0 Å². The Morgan fingerprint density at radius 1 is 0.744 bits per heavy atom. The summed E-state index contributed by atoms with van der Waals surface area (Å²) >= 11 is 0. The molecule has 43 heavy (non-hydrogen) atoms. The number of rotatable bonds is 2. The van der Waals surface area contributed by atoms with Gasteiger partial charge in [-0.1, -0.05) is 68.4 Å². The van der Waals surface area contributed by atoms with Crippen molar-refractivity contribution in [3.63, 3.8) is 0 Å². The van der Waals surface area contributed by atoms with Crippen molar-refractivity contribution in [3.05, 3.63) is 120 Å². The van der Waals surface area contributed by atoms with Gasteiger partial charge in [0.1, 0.15) is 16.7 Å². The van der Waals surface area contributed by atoms with E-state index in [2.05, 4.69) is 54.6 Å². The summed E-state index contributed by atoms with van der Waals surface area (Å²) in [7, 11) is 0. The van der Waals surface area contributed by atoms with Crippen LogP contribution in [0, 0.1) is 11.3 Å². The third kappa shape index (κ3) is 3.25. The molecule has 202 valence electrons. The van der Waals surface area contributed by atoms with Gasteiger partial charge >= 0.3 is 5.84 Å². The second-order valence-electron chi connectivity index (χ2n) is 11.6. The largest absolute Gasteiger partial charge is 0.423 e. The lowest BCUT2D eigenvalue weighted by atomic mass is 9.81. The normalized spacial score (nSPS) is 13.5. The molecule has 0 aliphatic heterocycles. The summed E-state index contributed by atoms with van der Waals surface area (Å²) in [6, 6.07) is 37.0. The van der Waals surface area contributed by atoms with Gasteiger partial charge in [0, 0.05) is 16.4 Å². The van der Waals surface area contributed by atoms with E-state index >= 15 is 0 Å². The maximum absolute atomic E-state index is 9.50. The fourth-order valence-electron chi connectivity index (χ4n) is 6.74. The molecule has 0 atom stereocenters. The van der Waals surface area contributed by atoms with Crippen molar-refractivity contribution in [2.24, 2.45) is 0 Å². The summed E-state index contributed by atoms with van der Waals surface area (Å²) < 4.78 is 8.21. The van der Waals surface area contributed by atoms with Crippen molar-refractivity contribution in [2.75, 3.05) is 0 Å². The van der Waals surface area contributed by atoms with Crippen LogP contribution in [0.3, 0.4) is 0 Å². The monoisotopic (exact) mass is 553 g/mol. The van der Waals surface area contributed by atoms with Crippen molar-refractivity contribution in [2.45, 2.75) is 19.3 Å². The van der Waals surface area contributed by atoms with Crippen LogP contribution >= 0.6 is 0 Å². The lowest BCUT2D eigenvalue weighted by Gasteiger charge is -2.22. The van der Waals surface area contributed by atoms with E-state index in [0.29, 0.717) is 11.4 Å². The molecule has 0 N–H and O–H groups in total. The van der Waals surface area contributed by atoms with E-state index in [-0.39, 0.29) is 5.41 Å². The Balaban J connectivity index is 1.26. The SMILES string of the molecule is CC1(C)c2cc(C#N)ccc2-c2ccc(-c3cccc(-c4nc5ccccc5c5nc6oc7ccccc7n6c45)n3)cc21. The third-order valence-corrected chi connectivity index (χ3v) is 8.86. The molecule has 0 saturated carbocycles. The molecule has 0 saturated heterocycles. The second kappa shape index (κ2) is 8.37. The molecule has 6 heteroatoms. The summed E-state index contributed by atoms with van der Waals surface area (Å²) in [5.41, 5.74) is 13.0. The summed E-state index contributed by atoms with van der Waals surface area (Å²) in [6.07, 6.45) is 0. The molecule has 4 heterocycles. The number of nitrogens with zero attached hydrogens (tertiary/aromatic N) is 5. The van der Waals surface area contributed by atoms with Crippen LogP contribution in [-0.4, -0.2) is 19.4 Å². The molecule has 0 fully saturated rings. The fourth-order valence-corrected chi connectivity index (χ4v) is 6.74. The van der Waals surface area contributed by atoms with Crippen LogP contribution in [-0.2, 0) is 5.41 Å². The number of hydrogen-bond donors (Lipinski definition) is 0. The highest BCUT2D eigenvalue weighted by atomic mass is 16.4. The average molecular weight is 554 g/mol. The number of nitriles is 1. The smallest absolute Gasteiger partial charge is 0.307 e. The Morgan fingerprint density at radius 2 is 1.51 bits per heavy atom. The lowest BCUT2D eigenvalue weighted by molar-refractivity contribution is 0.643. The van der Waals surface area contributed by atoms with E-state index in [1.54, 1.807) is 0 Å². The number of oxazole rings is 1. The fraction of sp³-hybridized carbons (Fsp3) is 0.0811. The zero-order chi connectivity index (χ0) is 28.9. The topological polar surface area (TPSA) is 80.0 Å². The van der Waals surface area contributed by atoms with E-state index in [1.165, 1.54) is 22.3 Å². The van der Waals surface area contributed by atoms with Gasteiger partial charge in [-0.25, -0.2) is 9.97 Å². The minimum atomic E-state index is -0.233. The lowest BCUT2D eigenvalue weighted by Crippen LogP contribution is -2.15. The highest BCUT2D eigenvalue weighted by Gasteiger charge is 2.36. The third-order valence-electron chi connectivity index (χ3n) is 8.86. The molecule has 1 aliphatic carbocycles. The first-order valence-corrected chi connectivity index (χ1v) is 14.3. The van der Waals surface area contributed by atoms with Crippen molar-refractivity contribution in [1.29, 1.82) is 5.26 Å². The zero-order valence-electron chi connectivity index (χ0n) is 23.5. The highest BCUT2D eigenvalue weighted by molar-refractivity contribution is 6.09. The maximum atomic E-state index is 9.50. The number of hydrogen-bond acceptors (Lipinski definition) is 5. The predicted molar refractivity (Wildman–Crippen MR) is 169 cm³/mol. The van der Waals surface area contributed by atoms with E-state index in [9.17, 15) is 5.26 Å². The summed E-state index contributed by atoms with van der Waals surface area (Å²) in [5.74, 6) is 0.534. The van der Waals surface area contributed by atoms with Crippen molar-refractivity contribution in [3.8, 4) is 39.8 Å². The van der Waals surface area contributed by atoms with Crippen molar-refractivity contribution >= 4 is 38.9 Å².